The number of amides is 2. The Morgan fingerprint density at radius 1 is 1.00 bits per heavy atom. The van der Waals surface area contributed by atoms with E-state index in [0.29, 0.717) is 18.5 Å². The third kappa shape index (κ3) is 7.37. The third-order valence-electron chi connectivity index (χ3n) is 4.26. The molecule has 0 heterocycles. The van der Waals surface area contributed by atoms with Crippen molar-refractivity contribution in [2.24, 2.45) is 0 Å². The molecule has 0 saturated heterocycles. The Morgan fingerprint density at radius 3 is 2.25 bits per heavy atom. The van der Waals surface area contributed by atoms with Crippen molar-refractivity contribution < 1.29 is 9.59 Å². The smallest absolute Gasteiger partial charge is 0.251 e. The van der Waals surface area contributed by atoms with Crippen LogP contribution in [0, 0.1) is 0 Å². The minimum atomic E-state index is -0.548. The van der Waals surface area contributed by atoms with E-state index in [1.165, 1.54) is 5.56 Å². The van der Waals surface area contributed by atoms with E-state index in [0.717, 1.165) is 17.9 Å². The molecule has 2 N–H and O–H groups in total. The van der Waals surface area contributed by atoms with Gasteiger partial charge in [-0.25, -0.2) is 0 Å². The van der Waals surface area contributed by atoms with Gasteiger partial charge in [-0.15, -0.1) is 0 Å². The van der Waals surface area contributed by atoms with E-state index in [2.05, 4.69) is 27.7 Å². The Labute approximate surface area is 171 Å². The first-order valence-electron chi connectivity index (χ1n) is 9.34. The number of rotatable bonds is 10. The Hall–Kier alpha value is -2.31. The second-order valence-corrected chi connectivity index (χ2v) is 7.93. The van der Waals surface area contributed by atoms with Crippen molar-refractivity contribution >= 4 is 23.6 Å². The summed E-state index contributed by atoms with van der Waals surface area (Å²) < 4.78 is 0. The van der Waals surface area contributed by atoms with Gasteiger partial charge in [0.05, 0.1) is 0 Å². The second-order valence-electron chi connectivity index (χ2n) is 6.95. The molecule has 5 nitrogen and oxygen atoms in total. The molecule has 2 aromatic carbocycles. The summed E-state index contributed by atoms with van der Waals surface area (Å²) in [5.74, 6) is 0.414. The summed E-state index contributed by atoms with van der Waals surface area (Å²) in [6.07, 6.45) is 2.58. The number of nitrogens with zero attached hydrogens (tertiary/aromatic N) is 1. The SMILES string of the molecule is CSCCC(NC(=O)c1ccccc1)C(=O)NCc1ccc(CN(C)C)cc1. The predicted octanol–water partition coefficient (Wildman–Crippen LogP) is 2.92. The van der Waals surface area contributed by atoms with Gasteiger partial charge in [0.15, 0.2) is 0 Å². The second kappa shape index (κ2) is 11.5. The molecule has 2 rings (SSSR count). The molecule has 1 atom stereocenters. The van der Waals surface area contributed by atoms with Crippen LogP contribution in [0.25, 0.3) is 0 Å². The lowest BCUT2D eigenvalue weighted by Gasteiger charge is -2.18. The number of hydrogen-bond donors (Lipinski definition) is 2. The van der Waals surface area contributed by atoms with Crippen molar-refractivity contribution in [1.29, 1.82) is 0 Å². The molecule has 0 spiro atoms. The van der Waals surface area contributed by atoms with Gasteiger partial charge in [-0.2, -0.15) is 11.8 Å². The van der Waals surface area contributed by atoms with Gasteiger partial charge >= 0.3 is 0 Å². The summed E-state index contributed by atoms with van der Waals surface area (Å²) in [6, 6.07) is 16.6. The fourth-order valence-corrected chi connectivity index (χ4v) is 3.25. The van der Waals surface area contributed by atoms with E-state index in [4.69, 9.17) is 0 Å². The average Bonchev–Trinajstić information content (AvgIpc) is 2.70. The molecule has 6 heteroatoms. The van der Waals surface area contributed by atoms with Gasteiger partial charge in [-0.05, 0) is 55.8 Å². The van der Waals surface area contributed by atoms with Crippen LogP contribution in [0.4, 0.5) is 0 Å². The zero-order valence-electron chi connectivity index (χ0n) is 16.8. The maximum Gasteiger partial charge on any atom is 0.251 e. The van der Waals surface area contributed by atoms with Gasteiger partial charge in [0.25, 0.3) is 5.91 Å². The number of thioether (sulfide) groups is 1. The maximum atomic E-state index is 12.7. The van der Waals surface area contributed by atoms with Gasteiger partial charge in [-0.1, -0.05) is 42.5 Å². The molecule has 0 aromatic heterocycles. The van der Waals surface area contributed by atoms with Crippen LogP contribution in [0.15, 0.2) is 54.6 Å². The van der Waals surface area contributed by atoms with Crippen LogP contribution in [0.3, 0.4) is 0 Å². The predicted molar refractivity (Wildman–Crippen MR) is 116 cm³/mol. The normalized spacial score (nSPS) is 11.9. The van der Waals surface area contributed by atoms with Crippen LogP contribution < -0.4 is 10.6 Å². The molecular formula is C22H29N3O2S. The minimum absolute atomic E-state index is 0.157. The molecular weight excluding hydrogens is 370 g/mol. The summed E-state index contributed by atoms with van der Waals surface area (Å²) >= 11 is 1.66. The van der Waals surface area contributed by atoms with E-state index in [1.54, 1.807) is 23.9 Å². The molecule has 2 aromatic rings. The Bertz CT molecular complexity index is 748. The van der Waals surface area contributed by atoms with Crippen molar-refractivity contribution in [1.82, 2.24) is 15.5 Å². The quantitative estimate of drug-likeness (QED) is 0.645. The first-order chi connectivity index (χ1) is 13.5. The molecule has 0 saturated carbocycles. The number of carbonyl (C=O) groups excluding carboxylic acids is 2. The minimum Gasteiger partial charge on any atom is -0.350 e. The highest BCUT2D eigenvalue weighted by Crippen LogP contribution is 2.08. The molecule has 2 amide bonds. The first-order valence-corrected chi connectivity index (χ1v) is 10.7. The number of benzene rings is 2. The number of hydrogen-bond acceptors (Lipinski definition) is 4. The van der Waals surface area contributed by atoms with Gasteiger partial charge in [0.2, 0.25) is 5.91 Å². The van der Waals surface area contributed by atoms with Crippen LogP contribution in [-0.2, 0) is 17.9 Å². The Balaban J connectivity index is 1.93. The van der Waals surface area contributed by atoms with E-state index < -0.39 is 6.04 Å². The third-order valence-corrected chi connectivity index (χ3v) is 4.90. The van der Waals surface area contributed by atoms with Crippen LogP contribution in [0.2, 0.25) is 0 Å². The van der Waals surface area contributed by atoms with Crippen molar-refractivity contribution in [3.05, 3.63) is 71.3 Å². The largest absolute Gasteiger partial charge is 0.350 e. The summed E-state index contributed by atoms with van der Waals surface area (Å²) in [4.78, 5) is 27.2. The molecule has 1 unspecified atom stereocenters. The number of carbonyl (C=O) groups is 2. The molecule has 0 radical (unpaired) electrons. The first kappa shape index (κ1) is 22.0. The van der Waals surface area contributed by atoms with Gasteiger partial charge in [0.1, 0.15) is 6.04 Å². The van der Waals surface area contributed by atoms with Gasteiger partial charge < -0.3 is 15.5 Å². The van der Waals surface area contributed by atoms with Gasteiger partial charge in [0, 0.05) is 18.7 Å². The zero-order valence-corrected chi connectivity index (χ0v) is 17.6. The number of nitrogens with one attached hydrogen (secondary N) is 2. The summed E-state index contributed by atoms with van der Waals surface area (Å²) in [5, 5.41) is 5.82. The lowest BCUT2D eigenvalue weighted by Crippen LogP contribution is -2.46. The van der Waals surface area contributed by atoms with Crippen LogP contribution in [0.5, 0.6) is 0 Å². The van der Waals surface area contributed by atoms with E-state index >= 15 is 0 Å². The summed E-state index contributed by atoms with van der Waals surface area (Å²) in [5.41, 5.74) is 2.82. The topological polar surface area (TPSA) is 61.4 Å². The molecule has 28 heavy (non-hydrogen) atoms. The highest BCUT2D eigenvalue weighted by Gasteiger charge is 2.20. The van der Waals surface area contributed by atoms with Crippen molar-refractivity contribution in [2.45, 2.75) is 25.6 Å². The molecule has 0 aliphatic rings. The highest BCUT2D eigenvalue weighted by atomic mass is 32.2. The molecule has 0 aliphatic carbocycles. The van der Waals surface area contributed by atoms with Crippen LogP contribution in [-0.4, -0.2) is 48.9 Å². The Morgan fingerprint density at radius 2 is 1.64 bits per heavy atom. The molecule has 150 valence electrons. The van der Waals surface area contributed by atoms with Crippen molar-refractivity contribution in [3.8, 4) is 0 Å². The van der Waals surface area contributed by atoms with E-state index in [1.807, 2.05) is 50.7 Å². The standard InChI is InChI=1S/C22H29N3O2S/c1-25(2)16-18-11-9-17(10-12-18)15-23-22(27)20(13-14-28-3)24-21(26)19-7-5-4-6-8-19/h4-12,20H,13-16H2,1-3H3,(H,23,27)(H,24,26). The monoisotopic (exact) mass is 399 g/mol. The maximum absolute atomic E-state index is 12.7. The van der Waals surface area contributed by atoms with Gasteiger partial charge in [-0.3, -0.25) is 9.59 Å². The zero-order chi connectivity index (χ0) is 20.4. The average molecular weight is 400 g/mol. The molecule has 0 bridgehead atoms. The van der Waals surface area contributed by atoms with E-state index in [-0.39, 0.29) is 11.8 Å². The van der Waals surface area contributed by atoms with Crippen LogP contribution >= 0.6 is 11.8 Å². The van der Waals surface area contributed by atoms with E-state index in [9.17, 15) is 9.59 Å². The fraction of sp³-hybridized carbons (Fsp3) is 0.364. The van der Waals surface area contributed by atoms with Crippen molar-refractivity contribution in [2.75, 3.05) is 26.1 Å². The summed E-state index contributed by atoms with van der Waals surface area (Å²) in [7, 11) is 4.07. The lowest BCUT2D eigenvalue weighted by atomic mass is 10.1. The molecule has 0 fully saturated rings. The van der Waals surface area contributed by atoms with Crippen molar-refractivity contribution in [3.63, 3.8) is 0 Å². The fourth-order valence-electron chi connectivity index (χ4n) is 2.78. The lowest BCUT2D eigenvalue weighted by molar-refractivity contribution is -0.123. The summed E-state index contributed by atoms with van der Waals surface area (Å²) in [6.45, 7) is 1.33. The Kier molecular flexibility index (Phi) is 9.04. The molecule has 0 aliphatic heterocycles. The highest BCUT2D eigenvalue weighted by molar-refractivity contribution is 7.98. The van der Waals surface area contributed by atoms with Crippen LogP contribution in [0.1, 0.15) is 27.9 Å².